The van der Waals surface area contributed by atoms with E-state index in [4.69, 9.17) is 5.73 Å². The van der Waals surface area contributed by atoms with Gasteiger partial charge in [0.25, 0.3) is 0 Å². The highest BCUT2D eigenvalue weighted by molar-refractivity contribution is 5.80. The largest absolute Gasteiger partial charge is 0.368 e. The fourth-order valence-electron chi connectivity index (χ4n) is 2.18. The molecule has 0 aliphatic carbocycles. The second-order valence-electron chi connectivity index (χ2n) is 4.36. The van der Waals surface area contributed by atoms with Crippen molar-refractivity contribution < 1.29 is 4.79 Å². The average molecular weight is 237 g/mol. The van der Waals surface area contributed by atoms with Crippen molar-refractivity contribution in [1.29, 1.82) is 0 Å². The van der Waals surface area contributed by atoms with Crippen molar-refractivity contribution in [3.63, 3.8) is 0 Å². The highest BCUT2D eigenvalue weighted by Crippen LogP contribution is 2.05. The molecule has 1 unspecified atom stereocenters. The quantitative estimate of drug-likeness (QED) is 0.684. The zero-order valence-electron chi connectivity index (χ0n) is 10.1. The topological polar surface area (TPSA) is 76.2 Å². The molecule has 1 fully saturated rings. The number of nitrogens with zero attached hydrogens (tertiary/aromatic N) is 3. The number of hydrogen-bond donors (Lipinski definition) is 2. The number of primary amides is 1. The third kappa shape index (κ3) is 2.83. The number of nitrogens with one attached hydrogen (secondary N) is 1. The Balaban J connectivity index is 1.92. The van der Waals surface area contributed by atoms with Gasteiger partial charge in [0, 0.05) is 52.0 Å². The van der Waals surface area contributed by atoms with Gasteiger partial charge in [0.1, 0.15) is 11.9 Å². The number of amides is 1. The maximum absolute atomic E-state index is 11.3. The van der Waals surface area contributed by atoms with E-state index in [2.05, 4.69) is 15.2 Å². The molecule has 0 radical (unpaired) electrons. The fourth-order valence-corrected chi connectivity index (χ4v) is 2.18. The summed E-state index contributed by atoms with van der Waals surface area (Å²) in [5.41, 5.74) is 5.40. The van der Waals surface area contributed by atoms with Crippen LogP contribution in [0.3, 0.4) is 0 Å². The van der Waals surface area contributed by atoms with Crippen molar-refractivity contribution >= 4 is 5.91 Å². The van der Waals surface area contributed by atoms with E-state index in [0.717, 1.165) is 31.9 Å². The number of carbonyl (C=O) groups is 1. The molecule has 0 bridgehead atoms. The summed E-state index contributed by atoms with van der Waals surface area (Å²) in [4.78, 5) is 17.7. The first-order valence-electron chi connectivity index (χ1n) is 5.89. The molecule has 0 spiro atoms. The highest BCUT2D eigenvalue weighted by Gasteiger charge is 2.26. The predicted octanol–water partition coefficient (Wildman–Crippen LogP) is -1.28. The van der Waals surface area contributed by atoms with Crippen molar-refractivity contribution in [2.45, 2.75) is 12.5 Å². The van der Waals surface area contributed by atoms with Crippen LogP contribution in [0.5, 0.6) is 0 Å². The summed E-state index contributed by atoms with van der Waals surface area (Å²) in [7, 11) is 1.98. The minimum absolute atomic E-state index is 0.191. The Hall–Kier alpha value is -1.40. The molecular formula is C11H19N5O. The summed E-state index contributed by atoms with van der Waals surface area (Å²) in [5, 5.41) is 3.19. The van der Waals surface area contributed by atoms with Gasteiger partial charge in [0.15, 0.2) is 0 Å². The molecule has 1 saturated heterocycles. The van der Waals surface area contributed by atoms with Crippen LogP contribution < -0.4 is 11.1 Å². The van der Waals surface area contributed by atoms with Gasteiger partial charge < -0.3 is 15.6 Å². The van der Waals surface area contributed by atoms with E-state index in [1.54, 1.807) is 6.20 Å². The third-order valence-electron chi connectivity index (χ3n) is 3.23. The number of aromatic nitrogens is 2. The molecule has 6 heteroatoms. The summed E-state index contributed by atoms with van der Waals surface area (Å²) < 4.78 is 2.00. The van der Waals surface area contributed by atoms with E-state index < -0.39 is 0 Å². The lowest BCUT2D eigenvalue weighted by Gasteiger charge is -2.33. The summed E-state index contributed by atoms with van der Waals surface area (Å²) in [6.07, 6.45) is 4.56. The van der Waals surface area contributed by atoms with Crippen LogP contribution in [0.4, 0.5) is 0 Å². The number of nitrogens with two attached hydrogens (primary N) is 1. The number of imidazole rings is 1. The minimum atomic E-state index is -0.253. The van der Waals surface area contributed by atoms with E-state index in [9.17, 15) is 4.79 Å². The monoisotopic (exact) mass is 237 g/mol. The number of aryl methyl sites for hydroxylation is 1. The van der Waals surface area contributed by atoms with E-state index in [1.165, 1.54) is 0 Å². The van der Waals surface area contributed by atoms with Crippen molar-refractivity contribution in [2.24, 2.45) is 12.8 Å². The molecule has 1 aromatic heterocycles. The van der Waals surface area contributed by atoms with E-state index in [1.807, 2.05) is 17.8 Å². The van der Waals surface area contributed by atoms with Crippen molar-refractivity contribution in [3.8, 4) is 0 Å². The van der Waals surface area contributed by atoms with Crippen LogP contribution in [0, 0.1) is 0 Å². The van der Waals surface area contributed by atoms with Gasteiger partial charge in [0.2, 0.25) is 5.91 Å². The number of piperazine rings is 1. The van der Waals surface area contributed by atoms with Gasteiger partial charge >= 0.3 is 0 Å². The molecule has 2 heterocycles. The predicted molar refractivity (Wildman–Crippen MR) is 64.3 cm³/mol. The van der Waals surface area contributed by atoms with Gasteiger partial charge in [-0.2, -0.15) is 0 Å². The molecule has 1 amide bonds. The maximum Gasteiger partial charge on any atom is 0.236 e. The van der Waals surface area contributed by atoms with Gasteiger partial charge in [-0.1, -0.05) is 0 Å². The lowest BCUT2D eigenvalue weighted by Crippen LogP contribution is -2.57. The van der Waals surface area contributed by atoms with Crippen molar-refractivity contribution in [1.82, 2.24) is 19.8 Å². The molecule has 1 aromatic rings. The van der Waals surface area contributed by atoms with Crippen LogP contribution in [-0.2, 0) is 18.3 Å². The fraction of sp³-hybridized carbons (Fsp3) is 0.636. The number of rotatable bonds is 4. The van der Waals surface area contributed by atoms with Crippen molar-refractivity contribution in [2.75, 3.05) is 26.2 Å². The lowest BCUT2D eigenvalue weighted by molar-refractivity contribution is -0.123. The molecule has 1 aliphatic heterocycles. The molecule has 1 aliphatic rings. The van der Waals surface area contributed by atoms with Gasteiger partial charge in [-0.25, -0.2) is 4.98 Å². The van der Waals surface area contributed by atoms with Gasteiger partial charge in [-0.15, -0.1) is 0 Å². The maximum atomic E-state index is 11.3. The highest BCUT2D eigenvalue weighted by atomic mass is 16.1. The summed E-state index contributed by atoms with van der Waals surface area (Å²) in [6, 6.07) is -0.191. The summed E-state index contributed by atoms with van der Waals surface area (Å²) >= 11 is 0. The van der Waals surface area contributed by atoms with Gasteiger partial charge in [0.05, 0.1) is 0 Å². The Bertz CT molecular complexity index is 389. The lowest BCUT2D eigenvalue weighted by atomic mass is 10.1. The molecular weight excluding hydrogens is 218 g/mol. The third-order valence-corrected chi connectivity index (χ3v) is 3.23. The first kappa shape index (κ1) is 12.1. The molecule has 17 heavy (non-hydrogen) atoms. The standard InChI is InChI=1S/C11H19N5O/c1-15-6-4-14-10(15)2-5-16-7-3-13-8-9(16)11(12)17/h4,6,9,13H,2-3,5,7-8H2,1H3,(H2,12,17). The minimum Gasteiger partial charge on any atom is -0.368 e. The molecule has 6 nitrogen and oxygen atoms in total. The van der Waals surface area contributed by atoms with Crippen LogP contribution in [-0.4, -0.2) is 52.6 Å². The Morgan fingerprint density at radius 1 is 1.71 bits per heavy atom. The first-order chi connectivity index (χ1) is 8.18. The molecule has 2 rings (SSSR count). The van der Waals surface area contributed by atoms with E-state index in [0.29, 0.717) is 6.54 Å². The average Bonchev–Trinajstić information content (AvgIpc) is 2.72. The Morgan fingerprint density at radius 2 is 2.53 bits per heavy atom. The van der Waals surface area contributed by atoms with E-state index in [-0.39, 0.29) is 11.9 Å². The summed E-state index contributed by atoms with van der Waals surface area (Å²) in [6.45, 7) is 3.23. The Morgan fingerprint density at radius 3 is 3.18 bits per heavy atom. The second kappa shape index (κ2) is 5.29. The van der Waals surface area contributed by atoms with Crippen LogP contribution in [0.1, 0.15) is 5.82 Å². The SMILES string of the molecule is Cn1ccnc1CCN1CCNCC1C(N)=O. The first-order valence-corrected chi connectivity index (χ1v) is 5.89. The van der Waals surface area contributed by atoms with E-state index >= 15 is 0 Å². The zero-order chi connectivity index (χ0) is 12.3. The second-order valence-corrected chi connectivity index (χ2v) is 4.36. The molecule has 0 saturated carbocycles. The molecule has 94 valence electrons. The molecule has 3 N–H and O–H groups in total. The normalized spacial score (nSPS) is 21.6. The number of hydrogen-bond acceptors (Lipinski definition) is 4. The van der Waals surface area contributed by atoms with Crippen LogP contribution in [0.15, 0.2) is 12.4 Å². The smallest absolute Gasteiger partial charge is 0.236 e. The van der Waals surface area contributed by atoms with Gasteiger partial charge in [-0.3, -0.25) is 9.69 Å². The Kier molecular flexibility index (Phi) is 3.75. The van der Waals surface area contributed by atoms with Crippen LogP contribution in [0.25, 0.3) is 0 Å². The molecule has 0 aromatic carbocycles. The van der Waals surface area contributed by atoms with Gasteiger partial charge in [-0.05, 0) is 0 Å². The van der Waals surface area contributed by atoms with Crippen molar-refractivity contribution in [3.05, 3.63) is 18.2 Å². The van der Waals surface area contributed by atoms with Crippen LogP contribution >= 0.6 is 0 Å². The van der Waals surface area contributed by atoms with Crippen LogP contribution in [0.2, 0.25) is 0 Å². The zero-order valence-corrected chi connectivity index (χ0v) is 10.1. The molecule has 1 atom stereocenters. The number of carbonyl (C=O) groups excluding carboxylic acids is 1. The Labute approximate surface area is 101 Å². The summed E-state index contributed by atoms with van der Waals surface area (Å²) in [5.74, 6) is 0.781.